The molecule has 0 aliphatic carbocycles. The first kappa shape index (κ1) is 20.2. The largest absolute Gasteiger partial charge is 0.381 e. The summed E-state index contributed by atoms with van der Waals surface area (Å²) >= 11 is 0. The Kier molecular flexibility index (Phi) is 7.69. The van der Waals surface area contributed by atoms with Gasteiger partial charge in [0.25, 0.3) is 0 Å². The lowest BCUT2D eigenvalue weighted by atomic mass is 9.78. The van der Waals surface area contributed by atoms with Crippen molar-refractivity contribution in [2.24, 2.45) is 11.1 Å². The highest BCUT2D eigenvalue weighted by Gasteiger charge is 2.42. The maximum atomic E-state index is 12.9. The lowest BCUT2D eigenvalue weighted by Crippen LogP contribution is -2.53. The van der Waals surface area contributed by atoms with E-state index in [-0.39, 0.29) is 24.4 Å². The van der Waals surface area contributed by atoms with Gasteiger partial charge in [0, 0.05) is 32.8 Å². The molecular formula is C19H29ClN2O3. The van der Waals surface area contributed by atoms with Crippen LogP contribution in [0.3, 0.4) is 0 Å². The molecule has 25 heavy (non-hydrogen) atoms. The number of amides is 1. The van der Waals surface area contributed by atoms with E-state index in [9.17, 15) is 4.79 Å². The maximum Gasteiger partial charge on any atom is 0.230 e. The average Bonchev–Trinajstić information content (AvgIpc) is 2.67. The van der Waals surface area contributed by atoms with Gasteiger partial charge < -0.3 is 20.1 Å². The molecular weight excluding hydrogens is 340 g/mol. The number of carbonyl (C=O) groups excluding carboxylic acids is 1. The normalized spacial score (nSPS) is 20.8. The number of hydrogen-bond donors (Lipinski definition) is 1. The van der Waals surface area contributed by atoms with E-state index >= 15 is 0 Å². The standard InChI is InChI=1S/C19H28N2O3.ClH/c20-15-19(8-12-23-13-9-19)18(22)21-10-6-17(7-11-21)24-14-16-4-2-1-3-5-16;/h1-5,17H,6-15,20H2;1H. The van der Waals surface area contributed by atoms with Crippen LogP contribution in [-0.2, 0) is 20.9 Å². The molecule has 0 aromatic heterocycles. The number of carbonyl (C=O) groups is 1. The molecule has 3 rings (SSSR count). The Morgan fingerprint density at radius 2 is 1.84 bits per heavy atom. The van der Waals surface area contributed by atoms with E-state index in [2.05, 4.69) is 12.1 Å². The minimum atomic E-state index is -0.407. The molecule has 2 aliphatic heterocycles. The first-order valence-electron chi connectivity index (χ1n) is 8.96. The van der Waals surface area contributed by atoms with Crippen LogP contribution in [0.1, 0.15) is 31.2 Å². The number of nitrogens with zero attached hydrogens (tertiary/aromatic N) is 1. The van der Waals surface area contributed by atoms with Gasteiger partial charge in [0.2, 0.25) is 5.91 Å². The SMILES string of the molecule is Cl.NCC1(C(=O)N2CCC(OCc3ccccc3)CC2)CCOCC1. The van der Waals surface area contributed by atoms with Crippen LogP contribution in [0, 0.1) is 5.41 Å². The molecule has 0 bridgehead atoms. The first-order valence-corrected chi connectivity index (χ1v) is 8.96. The fourth-order valence-corrected chi connectivity index (χ4v) is 3.62. The topological polar surface area (TPSA) is 64.8 Å². The van der Waals surface area contributed by atoms with E-state index in [0.717, 1.165) is 38.8 Å². The van der Waals surface area contributed by atoms with Gasteiger partial charge in [0.05, 0.1) is 18.1 Å². The van der Waals surface area contributed by atoms with Crippen LogP contribution in [0.15, 0.2) is 30.3 Å². The molecule has 140 valence electrons. The molecule has 2 heterocycles. The van der Waals surface area contributed by atoms with Crippen LogP contribution in [-0.4, -0.2) is 49.8 Å². The monoisotopic (exact) mass is 368 g/mol. The van der Waals surface area contributed by atoms with Crippen LogP contribution in [0.25, 0.3) is 0 Å². The van der Waals surface area contributed by atoms with Gasteiger partial charge in [-0.05, 0) is 31.2 Å². The Hall–Kier alpha value is -1.14. The second-order valence-electron chi connectivity index (χ2n) is 6.88. The number of hydrogen-bond acceptors (Lipinski definition) is 4. The van der Waals surface area contributed by atoms with E-state index in [1.807, 2.05) is 23.1 Å². The van der Waals surface area contributed by atoms with Gasteiger partial charge in [-0.3, -0.25) is 4.79 Å². The van der Waals surface area contributed by atoms with Crippen molar-refractivity contribution in [1.82, 2.24) is 4.90 Å². The Labute approximate surface area is 156 Å². The third-order valence-corrected chi connectivity index (χ3v) is 5.35. The van der Waals surface area contributed by atoms with Crippen LogP contribution >= 0.6 is 12.4 Å². The molecule has 1 aromatic carbocycles. The number of benzene rings is 1. The van der Waals surface area contributed by atoms with Crippen LogP contribution in [0.5, 0.6) is 0 Å². The number of piperidine rings is 1. The van der Waals surface area contributed by atoms with Gasteiger partial charge in [-0.25, -0.2) is 0 Å². The number of nitrogens with two attached hydrogens (primary N) is 1. The summed E-state index contributed by atoms with van der Waals surface area (Å²) in [5.74, 6) is 0.217. The smallest absolute Gasteiger partial charge is 0.230 e. The summed E-state index contributed by atoms with van der Waals surface area (Å²) in [6, 6.07) is 10.2. The van der Waals surface area contributed by atoms with Gasteiger partial charge in [-0.1, -0.05) is 30.3 Å². The van der Waals surface area contributed by atoms with Gasteiger partial charge in [0.1, 0.15) is 0 Å². The molecule has 0 spiro atoms. The fraction of sp³-hybridized carbons (Fsp3) is 0.632. The van der Waals surface area contributed by atoms with Crippen molar-refractivity contribution < 1.29 is 14.3 Å². The molecule has 2 fully saturated rings. The van der Waals surface area contributed by atoms with Crippen LogP contribution in [0.4, 0.5) is 0 Å². The zero-order valence-electron chi connectivity index (χ0n) is 14.7. The predicted octanol–water partition coefficient (Wildman–Crippen LogP) is 2.37. The third kappa shape index (κ3) is 4.94. The second-order valence-corrected chi connectivity index (χ2v) is 6.88. The summed E-state index contributed by atoms with van der Waals surface area (Å²) in [4.78, 5) is 14.9. The maximum absolute atomic E-state index is 12.9. The highest BCUT2D eigenvalue weighted by Crippen LogP contribution is 2.32. The lowest BCUT2D eigenvalue weighted by Gasteiger charge is -2.41. The number of likely N-dealkylation sites (tertiary alicyclic amines) is 1. The molecule has 2 saturated heterocycles. The van der Waals surface area contributed by atoms with Gasteiger partial charge in [0.15, 0.2) is 0 Å². The summed E-state index contributed by atoms with van der Waals surface area (Å²) in [5, 5.41) is 0. The van der Waals surface area contributed by atoms with Gasteiger partial charge in [-0.15, -0.1) is 12.4 Å². The highest BCUT2D eigenvalue weighted by atomic mass is 35.5. The summed E-state index contributed by atoms with van der Waals surface area (Å²) in [7, 11) is 0. The Bertz CT molecular complexity index is 527. The molecule has 0 atom stereocenters. The summed E-state index contributed by atoms with van der Waals surface area (Å²) in [6.45, 7) is 3.87. The zero-order chi connectivity index (χ0) is 16.8. The molecule has 1 amide bonds. The molecule has 6 heteroatoms. The molecule has 1 aromatic rings. The van der Waals surface area contributed by atoms with Crippen LogP contribution < -0.4 is 5.73 Å². The highest BCUT2D eigenvalue weighted by molar-refractivity contribution is 5.85. The van der Waals surface area contributed by atoms with E-state index in [4.69, 9.17) is 15.2 Å². The minimum absolute atomic E-state index is 0. The van der Waals surface area contributed by atoms with E-state index in [1.165, 1.54) is 5.56 Å². The summed E-state index contributed by atoms with van der Waals surface area (Å²) in [5.41, 5.74) is 6.75. The van der Waals surface area contributed by atoms with Gasteiger partial charge >= 0.3 is 0 Å². The minimum Gasteiger partial charge on any atom is -0.381 e. The average molecular weight is 369 g/mol. The van der Waals surface area contributed by atoms with E-state index < -0.39 is 5.41 Å². The molecule has 0 unspecified atom stereocenters. The van der Waals surface area contributed by atoms with E-state index in [0.29, 0.717) is 26.4 Å². The quantitative estimate of drug-likeness (QED) is 0.866. The van der Waals surface area contributed by atoms with Crippen molar-refractivity contribution in [3.8, 4) is 0 Å². The summed E-state index contributed by atoms with van der Waals surface area (Å²) in [6.07, 6.45) is 3.52. The zero-order valence-corrected chi connectivity index (χ0v) is 15.5. The molecule has 2 N–H and O–H groups in total. The van der Waals surface area contributed by atoms with Crippen molar-refractivity contribution in [1.29, 1.82) is 0 Å². The number of ether oxygens (including phenoxy) is 2. The Morgan fingerprint density at radius 3 is 2.44 bits per heavy atom. The predicted molar refractivity (Wildman–Crippen MR) is 99.6 cm³/mol. The summed E-state index contributed by atoms with van der Waals surface area (Å²) < 4.78 is 11.4. The third-order valence-electron chi connectivity index (χ3n) is 5.35. The van der Waals surface area contributed by atoms with Crippen molar-refractivity contribution in [3.05, 3.63) is 35.9 Å². The Morgan fingerprint density at radius 1 is 1.20 bits per heavy atom. The fourth-order valence-electron chi connectivity index (χ4n) is 3.62. The van der Waals surface area contributed by atoms with Crippen molar-refractivity contribution in [2.45, 2.75) is 38.4 Å². The van der Waals surface area contributed by atoms with Crippen molar-refractivity contribution in [3.63, 3.8) is 0 Å². The second kappa shape index (κ2) is 9.53. The van der Waals surface area contributed by atoms with Crippen molar-refractivity contribution in [2.75, 3.05) is 32.8 Å². The first-order chi connectivity index (χ1) is 11.7. The van der Waals surface area contributed by atoms with Crippen molar-refractivity contribution >= 4 is 18.3 Å². The molecule has 0 radical (unpaired) electrons. The van der Waals surface area contributed by atoms with Crippen LogP contribution in [0.2, 0.25) is 0 Å². The van der Waals surface area contributed by atoms with E-state index in [1.54, 1.807) is 0 Å². The number of halogens is 1. The molecule has 0 saturated carbocycles. The lowest BCUT2D eigenvalue weighted by molar-refractivity contribution is -0.150. The number of rotatable bonds is 5. The Balaban J connectivity index is 0.00000225. The molecule has 5 nitrogen and oxygen atoms in total. The van der Waals surface area contributed by atoms with Gasteiger partial charge in [-0.2, -0.15) is 0 Å². The molecule has 2 aliphatic rings.